The molecule has 0 saturated carbocycles. The summed E-state index contributed by atoms with van der Waals surface area (Å²) in [5.74, 6) is 0.675. The molecule has 0 radical (unpaired) electrons. The van der Waals surface area contributed by atoms with Crippen LogP contribution in [0.25, 0.3) is 21.8 Å². The number of fused-ring (bicyclic) bond motifs is 2. The summed E-state index contributed by atoms with van der Waals surface area (Å²) in [7, 11) is 0. The summed E-state index contributed by atoms with van der Waals surface area (Å²) in [6.07, 6.45) is 2.36. The number of imidazole rings is 1. The summed E-state index contributed by atoms with van der Waals surface area (Å²) in [5.41, 5.74) is 2.05. The number of hydrogen-bond acceptors (Lipinski definition) is 3. The van der Waals surface area contributed by atoms with Crippen LogP contribution in [0, 0.1) is 5.92 Å². The molecule has 28 heavy (non-hydrogen) atoms. The number of carbonyl (C=O) groups excluding carboxylic acids is 1. The molecular weight excluding hydrogens is 352 g/mol. The Balaban J connectivity index is 1.72. The van der Waals surface area contributed by atoms with Crippen molar-refractivity contribution in [3.05, 3.63) is 76.5 Å². The smallest absolute Gasteiger partial charge is 0.255 e. The fraction of sp³-hybridized carbons (Fsp3) is 0.227. The van der Waals surface area contributed by atoms with Gasteiger partial charge in [0.2, 0.25) is 0 Å². The van der Waals surface area contributed by atoms with E-state index < -0.39 is 0 Å². The van der Waals surface area contributed by atoms with Crippen LogP contribution in [0.1, 0.15) is 42.5 Å². The van der Waals surface area contributed by atoms with Gasteiger partial charge in [-0.25, -0.2) is 4.98 Å². The Bertz CT molecular complexity index is 1170. The second-order valence-electron chi connectivity index (χ2n) is 7.05. The Morgan fingerprint density at radius 3 is 2.57 bits per heavy atom. The van der Waals surface area contributed by atoms with Crippen LogP contribution < -0.4 is 10.9 Å². The van der Waals surface area contributed by atoms with E-state index in [-0.39, 0.29) is 23.4 Å². The third-order valence-electron chi connectivity index (χ3n) is 5.26. The minimum absolute atomic E-state index is 0.179. The number of nitrogens with one attached hydrogen (secondary N) is 3. The number of nitrogens with zero attached hydrogens (tertiary/aromatic N) is 1. The van der Waals surface area contributed by atoms with E-state index in [1.165, 1.54) is 6.20 Å². The van der Waals surface area contributed by atoms with E-state index in [0.717, 1.165) is 23.3 Å². The van der Waals surface area contributed by atoms with Crippen molar-refractivity contribution >= 4 is 27.7 Å². The van der Waals surface area contributed by atoms with Crippen LogP contribution in [0.5, 0.6) is 0 Å². The lowest BCUT2D eigenvalue weighted by atomic mass is 9.97. The molecule has 0 unspecified atom stereocenters. The van der Waals surface area contributed by atoms with Gasteiger partial charge in [-0.15, -0.1) is 0 Å². The van der Waals surface area contributed by atoms with Gasteiger partial charge in [-0.05, 0) is 24.1 Å². The molecule has 0 aliphatic rings. The Morgan fingerprint density at radius 1 is 1.11 bits per heavy atom. The van der Waals surface area contributed by atoms with Crippen molar-refractivity contribution in [2.24, 2.45) is 5.92 Å². The third-order valence-corrected chi connectivity index (χ3v) is 5.26. The normalized spacial score (nSPS) is 13.5. The zero-order valence-corrected chi connectivity index (χ0v) is 15.8. The Hall–Kier alpha value is -3.41. The summed E-state index contributed by atoms with van der Waals surface area (Å²) in [6.45, 7) is 4.17. The van der Waals surface area contributed by atoms with E-state index in [1.807, 2.05) is 30.3 Å². The van der Waals surface area contributed by atoms with Crippen LogP contribution in [0.2, 0.25) is 0 Å². The van der Waals surface area contributed by atoms with Gasteiger partial charge in [-0.1, -0.05) is 50.6 Å². The number of hydrogen-bond donors (Lipinski definition) is 3. The van der Waals surface area contributed by atoms with Crippen LogP contribution in [0.15, 0.2) is 59.5 Å². The summed E-state index contributed by atoms with van der Waals surface area (Å²) < 4.78 is 0. The van der Waals surface area contributed by atoms with Crippen LogP contribution in [-0.4, -0.2) is 20.9 Å². The molecule has 6 nitrogen and oxygen atoms in total. The Labute approximate surface area is 162 Å². The molecule has 1 amide bonds. The molecule has 2 aromatic heterocycles. The largest absolute Gasteiger partial charge is 0.342 e. The molecule has 0 aliphatic carbocycles. The van der Waals surface area contributed by atoms with E-state index in [4.69, 9.17) is 0 Å². The van der Waals surface area contributed by atoms with Crippen molar-refractivity contribution in [1.82, 2.24) is 20.3 Å². The second-order valence-corrected chi connectivity index (χ2v) is 7.05. The van der Waals surface area contributed by atoms with Gasteiger partial charge in [0.15, 0.2) is 0 Å². The third kappa shape index (κ3) is 3.17. The van der Waals surface area contributed by atoms with Gasteiger partial charge in [-0.3, -0.25) is 9.59 Å². The molecule has 0 saturated heterocycles. The van der Waals surface area contributed by atoms with Gasteiger partial charge in [-0.2, -0.15) is 0 Å². The van der Waals surface area contributed by atoms with E-state index >= 15 is 0 Å². The first kappa shape index (κ1) is 18.0. The van der Waals surface area contributed by atoms with E-state index in [1.54, 1.807) is 18.2 Å². The molecular formula is C22H22N4O2. The van der Waals surface area contributed by atoms with Crippen molar-refractivity contribution in [2.45, 2.75) is 26.3 Å². The minimum atomic E-state index is -0.268. The lowest BCUT2D eigenvalue weighted by molar-refractivity contribution is 0.0922. The van der Waals surface area contributed by atoms with Gasteiger partial charge < -0.3 is 15.3 Å². The maximum Gasteiger partial charge on any atom is 0.255 e. The van der Waals surface area contributed by atoms with Crippen LogP contribution in [0.4, 0.5) is 0 Å². The van der Waals surface area contributed by atoms with Gasteiger partial charge in [0, 0.05) is 17.0 Å². The van der Waals surface area contributed by atoms with Crippen molar-refractivity contribution in [1.29, 1.82) is 0 Å². The van der Waals surface area contributed by atoms with Crippen LogP contribution in [0.3, 0.4) is 0 Å². The molecule has 6 heteroatoms. The lowest BCUT2D eigenvalue weighted by Gasteiger charge is -2.22. The SMILES string of the molecule is CC[C@H](C)[C@@H](NC(=O)c1c[nH]c(=O)c2ccccc12)c1nc2ccccc2[nH]1. The van der Waals surface area contributed by atoms with E-state index in [0.29, 0.717) is 16.3 Å². The summed E-state index contributed by atoms with van der Waals surface area (Å²) in [5, 5.41) is 4.25. The summed E-state index contributed by atoms with van der Waals surface area (Å²) >= 11 is 0. The monoisotopic (exact) mass is 374 g/mol. The second kappa shape index (κ2) is 7.31. The molecule has 0 spiro atoms. The summed E-state index contributed by atoms with van der Waals surface area (Å²) in [6, 6.07) is 14.7. The quantitative estimate of drug-likeness (QED) is 0.494. The number of benzene rings is 2. The Kier molecular flexibility index (Phi) is 4.69. The molecule has 4 rings (SSSR count). The number of aromatic amines is 2. The molecule has 2 heterocycles. The fourth-order valence-corrected chi connectivity index (χ4v) is 3.45. The molecule has 2 atom stereocenters. The molecule has 142 valence electrons. The summed E-state index contributed by atoms with van der Waals surface area (Å²) in [4.78, 5) is 35.8. The van der Waals surface area contributed by atoms with Crippen molar-refractivity contribution in [3.8, 4) is 0 Å². The lowest BCUT2D eigenvalue weighted by Crippen LogP contribution is -2.33. The average molecular weight is 374 g/mol. The highest BCUT2D eigenvalue weighted by molar-refractivity contribution is 6.06. The maximum atomic E-state index is 13.1. The number of para-hydroxylation sites is 2. The number of rotatable bonds is 5. The van der Waals surface area contributed by atoms with Gasteiger partial charge >= 0.3 is 0 Å². The van der Waals surface area contributed by atoms with Crippen LogP contribution >= 0.6 is 0 Å². The fourth-order valence-electron chi connectivity index (χ4n) is 3.45. The molecule has 0 fully saturated rings. The van der Waals surface area contributed by atoms with Gasteiger partial charge in [0.1, 0.15) is 5.82 Å². The van der Waals surface area contributed by atoms with E-state index in [9.17, 15) is 9.59 Å². The topological polar surface area (TPSA) is 90.6 Å². The number of amides is 1. The number of aromatic nitrogens is 3. The highest BCUT2D eigenvalue weighted by atomic mass is 16.2. The van der Waals surface area contributed by atoms with Crippen molar-refractivity contribution in [2.75, 3.05) is 0 Å². The highest BCUT2D eigenvalue weighted by Gasteiger charge is 2.25. The molecule has 3 N–H and O–H groups in total. The first-order valence-electron chi connectivity index (χ1n) is 9.44. The molecule has 0 aliphatic heterocycles. The van der Waals surface area contributed by atoms with Gasteiger partial charge in [0.05, 0.1) is 22.6 Å². The maximum absolute atomic E-state index is 13.1. The van der Waals surface area contributed by atoms with Crippen molar-refractivity contribution < 1.29 is 4.79 Å². The number of carbonyl (C=O) groups is 1. The predicted octanol–water partition coefficient (Wildman–Crippen LogP) is 3.92. The molecule has 0 bridgehead atoms. The highest BCUT2D eigenvalue weighted by Crippen LogP contribution is 2.25. The standard InChI is InChI=1S/C22H22N4O2/c1-3-13(2)19(20-24-17-10-6-7-11-18(17)25-20)26-22(28)16-12-23-21(27)15-9-5-4-8-14(15)16/h4-13,19H,3H2,1-2H3,(H,23,27)(H,24,25)(H,26,28)/t13-,19+/m0/s1. The molecule has 4 aromatic rings. The zero-order valence-electron chi connectivity index (χ0n) is 15.8. The number of pyridine rings is 1. The first-order chi connectivity index (χ1) is 13.6. The average Bonchev–Trinajstić information content (AvgIpc) is 3.15. The minimum Gasteiger partial charge on any atom is -0.342 e. The molecule has 2 aromatic carbocycles. The number of H-pyrrole nitrogens is 2. The predicted molar refractivity (Wildman–Crippen MR) is 110 cm³/mol. The Morgan fingerprint density at radius 2 is 1.82 bits per heavy atom. The van der Waals surface area contributed by atoms with E-state index in [2.05, 4.69) is 34.1 Å². The first-order valence-corrected chi connectivity index (χ1v) is 9.44. The zero-order chi connectivity index (χ0) is 19.7. The van der Waals surface area contributed by atoms with Crippen molar-refractivity contribution in [3.63, 3.8) is 0 Å². The van der Waals surface area contributed by atoms with Gasteiger partial charge in [0.25, 0.3) is 11.5 Å². The van der Waals surface area contributed by atoms with Crippen LogP contribution in [-0.2, 0) is 0 Å².